The Morgan fingerprint density at radius 2 is 2.11 bits per heavy atom. The lowest BCUT2D eigenvalue weighted by Gasteiger charge is -2.20. The van der Waals surface area contributed by atoms with E-state index in [1.807, 2.05) is 31.2 Å². The second-order valence-electron chi connectivity index (χ2n) is 5.69. The summed E-state index contributed by atoms with van der Waals surface area (Å²) in [5.41, 5.74) is 2.96. The minimum atomic E-state index is 0.232. The van der Waals surface area contributed by atoms with Gasteiger partial charge in [0.15, 0.2) is 0 Å². The SMILES string of the molecule is [B]c1cccc(N(C=C)/N=C(\C)CC(C)(C)C)c1. The van der Waals surface area contributed by atoms with Crippen molar-refractivity contribution >= 4 is 24.7 Å². The fraction of sp³-hybridized carbons (Fsp3) is 0.400. The van der Waals surface area contributed by atoms with Crippen LogP contribution in [0.5, 0.6) is 0 Å². The molecule has 0 fully saturated rings. The van der Waals surface area contributed by atoms with Crippen LogP contribution in [0, 0.1) is 5.41 Å². The second-order valence-corrected chi connectivity index (χ2v) is 5.69. The summed E-state index contributed by atoms with van der Waals surface area (Å²) in [5, 5.41) is 6.33. The largest absolute Gasteiger partial charge is 0.242 e. The van der Waals surface area contributed by atoms with Crippen molar-refractivity contribution in [3.63, 3.8) is 0 Å². The van der Waals surface area contributed by atoms with E-state index in [0.717, 1.165) is 23.3 Å². The zero-order valence-electron chi connectivity index (χ0n) is 11.8. The molecule has 0 aliphatic rings. The highest BCUT2D eigenvalue weighted by atomic mass is 15.4. The summed E-state index contributed by atoms with van der Waals surface area (Å²) in [5.74, 6) is 0. The molecular formula is C15H21BN2. The Morgan fingerprint density at radius 1 is 1.44 bits per heavy atom. The minimum absolute atomic E-state index is 0.232. The van der Waals surface area contributed by atoms with Crippen LogP contribution in [0.4, 0.5) is 5.69 Å². The van der Waals surface area contributed by atoms with E-state index in [0.29, 0.717) is 0 Å². The highest BCUT2D eigenvalue weighted by Crippen LogP contribution is 2.20. The van der Waals surface area contributed by atoms with Crippen LogP contribution in [-0.4, -0.2) is 13.6 Å². The molecule has 0 N–H and O–H groups in total. The number of anilines is 1. The Kier molecular flexibility index (Phi) is 4.77. The summed E-state index contributed by atoms with van der Waals surface area (Å²) in [7, 11) is 5.77. The summed E-state index contributed by atoms with van der Waals surface area (Å²) >= 11 is 0. The molecule has 0 atom stereocenters. The Labute approximate surface area is 112 Å². The molecular weight excluding hydrogens is 219 g/mol. The molecule has 0 unspecified atom stereocenters. The molecule has 2 nitrogen and oxygen atoms in total. The van der Waals surface area contributed by atoms with Crippen molar-refractivity contribution in [2.45, 2.75) is 34.1 Å². The van der Waals surface area contributed by atoms with E-state index in [1.54, 1.807) is 11.2 Å². The molecule has 1 aromatic carbocycles. The van der Waals surface area contributed by atoms with Crippen molar-refractivity contribution in [2.24, 2.45) is 10.5 Å². The average Bonchev–Trinajstić information content (AvgIpc) is 2.23. The lowest BCUT2D eigenvalue weighted by Crippen LogP contribution is -2.16. The summed E-state index contributed by atoms with van der Waals surface area (Å²) in [6, 6.07) is 7.62. The minimum Gasteiger partial charge on any atom is -0.242 e. The van der Waals surface area contributed by atoms with E-state index >= 15 is 0 Å². The van der Waals surface area contributed by atoms with Gasteiger partial charge in [-0.2, -0.15) is 5.10 Å². The molecule has 18 heavy (non-hydrogen) atoms. The maximum absolute atomic E-state index is 5.77. The van der Waals surface area contributed by atoms with Crippen LogP contribution in [0.15, 0.2) is 42.1 Å². The lowest BCUT2D eigenvalue weighted by molar-refractivity contribution is 0.433. The molecule has 0 bridgehead atoms. The Balaban J connectivity index is 2.91. The van der Waals surface area contributed by atoms with Crippen LogP contribution in [0.3, 0.4) is 0 Å². The first-order valence-corrected chi connectivity index (χ1v) is 6.13. The highest BCUT2D eigenvalue weighted by molar-refractivity contribution is 6.32. The lowest BCUT2D eigenvalue weighted by atomic mass is 9.90. The van der Waals surface area contributed by atoms with Gasteiger partial charge in [0.25, 0.3) is 0 Å². The number of rotatable bonds is 4. The van der Waals surface area contributed by atoms with Gasteiger partial charge < -0.3 is 0 Å². The molecule has 0 aliphatic heterocycles. The van der Waals surface area contributed by atoms with Gasteiger partial charge in [-0.25, -0.2) is 5.01 Å². The third kappa shape index (κ3) is 4.78. The van der Waals surface area contributed by atoms with Crippen LogP contribution >= 0.6 is 0 Å². The van der Waals surface area contributed by atoms with Gasteiger partial charge in [-0.15, -0.1) is 0 Å². The van der Waals surface area contributed by atoms with Gasteiger partial charge in [-0.3, -0.25) is 0 Å². The monoisotopic (exact) mass is 240 g/mol. The van der Waals surface area contributed by atoms with E-state index in [9.17, 15) is 0 Å². The van der Waals surface area contributed by atoms with Crippen molar-refractivity contribution in [3.05, 3.63) is 37.0 Å². The van der Waals surface area contributed by atoms with Gasteiger partial charge >= 0.3 is 0 Å². The summed E-state index contributed by atoms with van der Waals surface area (Å²) < 4.78 is 0. The van der Waals surface area contributed by atoms with Crippen LogP contribution < -0.4 is 10.5 Å². The standard InChI is InChI=1S/C15H21BN2/c1-6-18(14-9-7-8-13(16)10-14)17-12(2)11-15(3,4)5/h6-10H,1,11H2,2-5H3/b17-12+. The zero-order chi connectivity index (χ0) is 13.8. The molecule has 0 saturated carbocycles. The molecule has 3 heteroatoms. The number of hydrogen-bond acceptors (Lipinski definition) is 2. The number of benzene rings is 1. The van der Waals surface area contributed by atoms with Gasteiger partial charge in [0.2, 0.25) is 0 Å². The fourth-order valence-corrected chi connectivity index (χ4v) is 1.86. The van der Waals surface area contributed by atoms with Gasteiger partial charge in [-0.05, 0) is 30.9 Å². The van der Waals surface area contributed by atoms with E-state index in [1.165, 1.54) is 0 Å². The number of hydrogen-bond donors (Lipinski definition) is 0. The summed E-state index contributed by atoms with van der Waals surface area (Å²) in [6.07, 6.45) is 2.64. The Bertz CT molecular complexity index is 444. The highest BCUT2D eigenvalue weighted by Gasteiger charge is 2.12. The van der Waals surface area contributed by atoms with Crippen molar-refractivity contribution in [3.8, 4) is 0 Å². The maximum atomic E-state index is 5.77. The molecule has 0 heterocycles. The molecule has 94 valence electrons. The zero-order valence-corrected chi connectivity index (χ0v) is 11.8. The van der Waals surface area contributed by atoms with Gasteiger partial charge in [-0.1, -0.05) is 44.9 Å². The Hall–Kier alpha value is -1.51. The predicted octanol–water partition coefficient (Wildman–Crippen LogP) is 3.24. The van der Waals surface area contributed by atoms with Crippen LogP contribution in [0.2, 0.25) is 0 Å². The molecule has 0 aliphatic carbocycles. The average molecular weight is 240 g/mol. The van der Waals surface area contributed by atoms with Crippen LogP contribution in [0.25, 0.3) is 0 Å². The molecule has 0 saturated heterocycles. The Morgan fingerprint density at radius 3 is 2.61 bits per heavy atom. The molecule has 0 aromatic heterocycles. The summed E-state index contributed by atoms with van der Waals surface area (Å²) in [6.45, 7) is 12.4. The second kappa shape index (κ2) is 5.90. The first-order valence-electron chi connectivity index (χ1n) is 6.13. The van der Waals surface area contributed by atoms with Crippen LogP contribution in [-0.2, 0) is 0 Å². The van der Waals surface area contributed by atoms with E-state index < -0.39 is 0 Å². The first kappa shape index (κ1) is 14.6. The third-order valence-electron chi connectivity index (χ3n) is 2.37. The molecule has 0 amide bonds. The van der Waals surface area contributed by atoms with E-state index in [4.69, 9.17) is 7.85 Å². The number of nitrogens with zero attached hydrogens (tertiary/aromatic N) is 2. The molecule has 1 rings (SSSR count). The van der Waals surface area contributed by atoms with Gasteiger partial charge in [0, 0.05) is 11.9 Å². The molecule has 1 aromatic rings. The fourth-order valence-electron chi connectivity index (χ4n) is 1.86. The van der Waals surface area contributed by atoms with Crippen molar-refractivity contribution in [1.29, 1.82) is 0 Å². The summed E-state index contributed by atoms with van der Waals surface area (Å²) in [4.78, 5) is 0. The third-order valence-corrected chi connectivity index (χ3v) is 2.37. The maximum Gasteiger partial charge on any atom is 0.113 e. The predicted molar refractivity (Wildman–Crippen MR) is 81.7 cm³/mol. The van der Waals surface area contributed by atoms with Crippen molar-refractivity contribution < 1.29 is 0 Å². The van der Waals surface area contributed by atoms with Crippen LogP contribution in [0.1, 0.15) is 34.1 Å². The molecule has 0 spiro atoms. The quantitative estimate of drug-likeness (QED) is 0.448. The first-order chi connectivity index (χ1) is 8.31. The topological polar surface area (TPSA) is 15.6 Å². The van der Waals surface area contributed by atoms with Gasteiger partial charge in [0.1, 0.15) is 7.85 Å². The van der Waals surface area contributed by atoms with Crippen molar-refractivity contribution in [2.75, 3.05) is 5.01 Å². The van der Waals surface area contributed by atoms with E-state index in [-0.39, 0.29) is 5.41 Å². The molecule has 2 radical (unpaired) electrons. The number of hydrazone groups is 1. The van der Waals surface area contributed by atoms with Gasteiger partial charge in [0.05, 0.1) is 5.69 Å². The van der Waals surface area contributed by atoms with E-state index in [2.05, 4.69) is 32.5 Å². The van der Waals surface area contributed by atoms with Crippen molar-refractivity contribution in [1.82, 2.24) is 0 Å². The smallest absolute Gasteiger partial charge is 0.113 e. The normalized spacial score (nSPS) is 12.3.